The summed E-state index contributed by atoms with van der Waals surface area (Å²) in [6.45, 7) is 8.09. The van der Waals surface area contributed by atoms with Crippen LogP contribution in [0.2, 0.25) is 5.02 Å². The van der Waals surface area contributed by atoms with Crippen LogP contribution in [0.3, 0.4) is 0 Å². The van der Waals surface area contributed by atoms with Gasteiger partial charge in [-0.05, 0) is 63.6 Å². The van der Waals surface area contributed by atoms with E-state index in [4.69, 9.17) is 25.6 Å². The van der Waals surface area contributed by atoms with Crippen LogP contribution in [0.1, 0.15) is 33.3 Å². The van der Waals surface area contributed by atoms with Crippen molar-refractivity contribution < 1.29 is 18.4 Å². The number of ether oxygens (including phenoxy) is 1. The van der Waals surface area contributed by atoms with Gasteiger partial charge in [-0.3, -0.25) is 0 Å². The Balaban J connectivity index is 1.76. The Morgan fingerprint density at radius 1 is 1.00 bits per heavy atom. The van der Waals surface area contributed by atoms with Gasteiger partial charge in [0.15, 0.2) is 0 Å². The van der Waals surface area contributed by atoms with Crippen molar-refractivity contribution in [3.8, 4) is 5.75 Å². The van der Waals surface area contributed by atoms with Gasteiger partial charge in [-0.2, -0.15) is 0 Å². The number of rotatable bonds is 4. The third-order valence-corrected chi connectivity index (χ3v) is 5.04. The molecule has 132 valence electrons. The minimum atomic E-state index is -0.736. The van der Waals surface area contributed by atoms with E-state index in [-0.39, 0.29) is 5.82 Å². The molecule has 0 bridgehead atoms. The van der Waals surface area contributed by atoms with Crippen LogP contribution in [0.25, 0.3) is 0 Å². The predicted molar refractivity (Wildman–Crippen MR) is 97.9 cm³/mol. The first-order valence-corrected chi connectivity index (χ1v) is 8.58. The zero-order chi connectivity index (χ0) is 18.2. The molecule has 25 heavy (non-hydrogen) atoms. The van der Waals surface area contributed by atoms with E-state index in [2.05, 4.69) is 0 Å². The maximum atomic E-state index is 14.3. The predicted octanol–water partition coefficient (Wildman–Crippen LogP) is 4.36. The van der Waals surface area contributed by atoms with E-state index in [0.717, 1.165) is 5.56 Å². The topological polar surface area (TPSA) is 27.7 Å². The zero-order valence-corrected chi connectivity index (χ0v) is 15.6. The molecule has 2 aromatic carbocycles. The second-order valence-corrected chi connectivity index (χ2v) is 7.62. The van der Waals surface area contributed by atoms with Gasteiger partial charge in [-0.15, -0.1) is 0 Å². The van der Waals surface area contributed by atoms with Crippen LogP contribution in [0.4, 0.5) is 4.39 Å². The third kappa shape index (κ3) is 3.84. The van der Waals surface area contributed by atoms with Gasteiger partial charge in [-0.25, -0.2) is 4.39 Å². The van der Waals surface area contributed by atoms with Crippen LogP contribution in [0.5, 0.6) is 5.75 Å². The summed E-state index contributed by atoms with van der Waals surface area (Å²) >= 11 is 5.86. The van der Waals surface area contributed by atoms with Crippen LogP contribution >= 0.6 is 11.6 Å². The first-order valence-electron chi connectivity index (χ1n) is 8.20. The van der Waals surface area contributed by atoms with Crippen molar-refractivity contribution >= 4 is 24.2 Å². The molecule has 1 aliphatic heterocycles. The van der Waals surface area contributed by atoms with E-state index in [1.54, 1.807) is 36.4 Å². The molecule has 1 saturated heterocycles. The molecule has 1 fully saturated rings. The molecule has 0 saturated carbocycles. The van der Waals surface area contributed by atoms with E-state index in [0.29, 0.717) is 22.8 Å². The molecular weight excluding hydrogens is 341 g/mol. The first-order chi connectivity index (χ1) is 11.7. The number of benzene rings is 2. The highest BCUT2D eigenvalue weighted by Crippen LogP contribution is 2.36. The van der Waals surface area contributed by atoms with Crippen molar-refractivity contribution in [3.63, 3.8) is 0 Å². The highest BCUT2D eigenvalue weighted by atomic mass is 35.5. The van der Waals surface area contributed by atoms with Gasteiger partial charge < -0.3 is 14.0 Å². The van der Waals surface area contributed by atoms with E-state index in [1.165, 1.54) is 6.07 Å². The standard InChI is InChI=1S/C19H21BClFO3/c1-18(2)19(3,4)25-20(24-18)16-11-13(5-10-17(16)22)12-23-15-8-6-14(21)7-9-15/h5-11H,12H2,1-4H3. The Morgan fingerprint density at radius 3 is 2.20 bits per heavy atom. The Morgan fingerprint density at radius 2 is 1.60 bits per heavy atom. The summed E-state index contributed by atoms with van der Waals surface area (Å²) in [6.07, 6.45) is 0. The second kappa shape index (κ2) is 6.63. The molecule has 0 amide bonds. The molecule has 0 aliphatic carbocycles. The summed E-state index contributed by atoms with van der Waals surface area (Å²) in [4.78, 5) is 0. The quantitative estimate of drug-likeness (QED) is 0.757. The molecule has 2 aromatic rings. The molecule has 0 N–H and O–H groups in total. The Hall–Kier alpha value is -1.56. The molecule has 6 heteroatoms. The largest absolute Gasteiger partial charge is 0.497 e. The van der Waals surface area contributed by atoms with Crippen LogP contribution in [-0.4, -0.2) is 18.3 Å². The van der Waals surface area contributed by atoms with Crippen molar-refractivity contribution in [3.05, 3.63) is 58.9 Å². The third-order valence-electron chi connectivity index (χ3n) is 4.79. The van der Waals surface area contributed by atoms with Crippen LogP contribution in [-0.2, 0) is 15.9 Å². The number of halogens is 2. The molecule has 0 unspecified atom stereocenters. The van der Waals surface area contributed by atoms with Crippen molar-refractivity contribution in [2.24, 2.45) is 0 Å². The lowest BCUT2D eigenvalue weighted by Gasteiger charge is -2.32. The van der Waals surface area contributed by atoms with E-state index < -0.39 is 18.3 Å². The lowest BCUT2D eigenvalue weighted by molar-refractivity contribution is 0.00578. The molecule has 1 aliphatic rings. The number of hydrogen-bond acceptors (Lipinski definition) is 3. The summed E-state index contributed by atoms with van der Waals surface area (Å²) in [5, 5.41) is 0.650. The molecule has 0 radical (unpaired) electrons. The van der Waals surface area contributed by atoms with Gasteiger partial charge in [0.2, 0.25) is 0 Å². The lowest BCUT2D eigenvalue weighted by Crippen LogP contribution is -2.41. The fourth-order valence-electron chi connectivity index (χ4n) is 2.53. The van der Waals surface area contributed by atoms with Crippen LogP contribution in [0, 0.1) is 5.82 Å². The van der Waals surface area contributed by atoms with Gasteiger partial charge in [0.25, 0.3) is 0 Å². The minimum Gasteiger partial charge on any atom is -0.489 e. The summed E-state index contributed by atoms with van der Waals surface area (Å²) in [5.41, 5.74) is 0.191. The van der Waals surface area contributed by atoms with Gasteiger partial charge in [0, 0.05) is 10.5 Å². The first kappa shape index (κ1) is 18.2. The Labute approximate surface area is 153 Å². The van der Waals surface area contributed by atoms with E-state index in [1.807, 2.05) is 27.7 Å². The molecule has 3 rings (SSSR count). The van der Waals surface area contributed by atoms with Gasteiger partial charge in [0.1, 0.15) is 18.2 Å². The average Bonchev–Trinajstić information content (AvgIpc) is 2.76. The molecule has 1 heterocycles. The molecule has 0 atom stereocenters. The molecular formula is C19H21BClFO3. The smallest absolute Gasteiger partial charge is 0.489 e. The van der Waals surface area contributed by atoms with Crippen molar-refractivity contribution in [2.75, 3.05) is 0 Å². The second-order valence-electron chi connectivity index (χ2n) is 7.19. The van der Waals surface area contributed by atoms with Gasteiger partial charge >= 0.3 is 7.12 Å². The van der Waals surface area contributed by atoms with Gasteiger partial charge in [0.05, 0.1) is 11.2 Å². The van der Waals surface area contributed by atoms with Gasteiger partial charge in [-0.1, -0.05) is 23.7 Å². The molecule has 0 aromatic heterocycles. The zero-order valence-electron chi connectivity index (χ0n) is 14.8. The van der Waals surface area contributed by atoms with E-state index >= 15 is 0 Å². The molecule has 3 nitrogen and oxygen atoms in total. The van der Waals surface area contributed by atoms with Crippen molar-refractivity contribution in [2.45, 2.75) is 45.5 Å². The summed E-state index contributed by atoms with van der Waals surface area (Å²) in [6, 6.07) is 11.9. The van der Waals surface area contributed by atoms with Crippen LogP contribution < -0.4 is 10.2 Å². The highest BCUT2D eigenvalue weighted by molar-refractivity contribution is 6.62. The SMILES string of the molecule is CC1(C)OB(c2cc(COc3ccc(Cl)cc3)ccc2F)OC1(C)C. The highest BCUT2D eigenvalue weighted by Gasteiger charge is 2.52. The van der Waals surface area contributed by atoms with Crippen molar-refractivity contribution in [1.82, 2.24) is 0 Å². The fourth-order valence-corrected chi connectivity index (χ4v) is 2.66. The maximum Gasteiger partial charge on any atom is 0.497 e. The fraction of sp³-hybridized carbons (Fsp3) is 0.368. The molecule has 0 spiro atoms. The Kier molecular flexibility index (Phi) is 4.84. The summed E-state index contributed by atoms with van der Waals surface area (Å²) in [5.74, 6) is 0.347. The van der Waals surface area contributed by atoms with Crippen LogP contribution in [0.15, 0.2) is 42.5 Å². The number of hydrogen-bond donors (Lipinski definition) is 0. The minimum absolute atomic E-state index is 0.314. The lowest BCUT2D eigenvalue weighted by atomic mass is 9.78. The summed E-state index contributed by atoms with van der Waals surface area (Å²) in [7, 11) is -0.736. The average molecular weight is 363 g/mol. The van der Waals surface area contributed by atoms with E-state index in [9.17, 15) is 4.39 Å². The maximum absolute atomic E-state index is 14.3. The normalized spacial score (nSPS) is 18.4. The van der Waals surface area contributed by atoms with Crippen molar-refractivity contribution in [1.29, 1.82) is 0 Å². The summed E-state index contributed by atoms with van der Waals surface area (Å²) < 4.78 is 31.9. The monoisotopic (exact) mass is 362 g/mol. The Bertz CT molecular complexity index is 746.